The van der Waals surface area contributed by atoms with E-state index in [1.165, 1.54) is 10.7 Å². The molecule has 0 unspecified atom stereocenters. The minimum absolute atomic E-state index is 0.131. The van der Waals surface area contributed by atoms with Crippen LogP contribution in [0.2, 0.25) is 0 Å². The molecular formula is C12H14FN3O. The van der Waals surface area contributed by atoms with Crippen molar-refractivity contribution in [3.8, 4) is 5.69 Å². The Morgan fingerprint density at radius 2 is 2.24 bits per heavy atom. The molecule has 0 radical (unpaired) electrons. The first-order valence-electron chi connectivity index (χ1n) is 5.49. The van der Waals surface area contributed by atoms with Crippen molar-refractivity contribution >= 4 is 0 Å². The lowest BCUT2D eigenvalue weighted by Gasteiger charge is -2.01. The summed E-state index contributed by atoms with van der Waals surface area (Å²) in [5.74, 6) is -0.255. The van der Waals surface area contributed by atoms with Crippen LogP contribution in [0.5, 0.6) is 0 Å². The largest absolute Gasteiger partial charge is 0.396 e. The van der Waals surface area contributed by atoms with Gasteiger partial charge in [0, 0.05) is 6.61 Å². The van der Waals surface area contributed by atoms with Gasteiger partial charge in [0.05, 0.1) is 17.6 Å². The van der Waals surface area contributed by atoms with Gasteiger partial charge in [-0.25, -0.2) is 9.07 Å². The monoisotopic (exact) mass is 235 g/mol. The normalized spacial score (nSPS) is 10.8. The molecular weight excluding hydrogens is 221 g/mol. The number of rotatable bonds is 4. The Labute approximate surface area is 98.7 Å². The summed E-state index contributed by atoms with van der Waals surface area (Å²) in [6.07, 6.45) is 3.07. The lowest BCUT2D eigenvalue weighted by atomic mass is 10.2. The van der Waals surface area contributed by atoms with Crippen LogP contribution in [0.15, 0.2) is 24.4 Å². The molecule has 1 aromatic carbocycles. The number of aromatic nitrogens is 3. The second-order valence-corrected chi connectivity index (χ2v) is 3.92. The van der Waals surface area contributed by atoms with Gasteiger partial charge in [-0.3, -0.25) is 0 Å². The highest BCUT2D eigenvalue weighted by atomic mass is 19.1. The number of benzene rings is 1. The van der Waals surface area contributed by atoms with Crippen molar-refractivity contribution in [3.05, 3.63) is 41.5 Å². The Morgan fingerprint density at radius 1 is 1.41 bits per heavy atom. The molecule has 0 fully saturated rings. The van der Waals surface area contributed by atoms with Crippen molar-refractivity contribution in [2.45, 2.75) is 19.8 Å². The van der Waals surface area contributed by atoms with Gasteiger partial charge in [0.15, 0.2) is 0 Å². The van der Waals surface area contributed by atoms with Crippen molar-refractivity contribution < 1.29 is 9.50 Å². The van der Waals surface area contributed by atoms with Gasteiger partial charge < -0.3 is 5.11 Å². The van der Waals surface area contributed by atoms with Crippen LogP contribution in [0.25, 0.3) is 5.69 Å². The first kappa shape index (κ1) is 11.7. The summed E-state index contributed by atoms with van der Waals surface area (Å²) in [4.78, 5) is 0. The van der Waals surface area contributed by atoms with E-state index in [9.17, 15) is 4.39 Å². The lowest BCUT2D eigenvalue weighted by Crippen LogP contribution is -1.96. The van der Waals surface area contributed by atoms with E-state index in [4.69, 9.17) is 5.11 Å². The molecule has 5 heteroatoms. The van der Waals surface area contributed by atoms with Gasteiger partial charge in [-0.1, -0.05) is 11.3 Å². The topological polar surface area (TPSA) is 50.9 Å². The fraction of sp³-hybridized carbons (Fsp3) is 0.333. The van der Waals surface area contributed by atoms with E-state index in [1.807, 2.05) is 0 Å². The average molecular weight is 235 g/mol. The maximum Gasteiger partial charge on any atom is 0.128 e. The summed E-state index contributed by atoms with van der Waals surface area (Å²) in [6.45, 7) is 1.85. The molecule has 0 atom stereocenters. The third-order valence-electron chi connectivity index (χ3n) is 2.55. The molecule has 0 aliphatic carbocycles. The first-order valence-corrected chi connectivity index (χ1v) is 5.49. The van der Waals surface area contributed by atoms with Crippen molar-refractivity contribution in [2.75, 3.05) is 6.61 Å². The molecule has 0 bridgehead atoms. The maximum absolute atomic E-state index is 13.4. The Hall–Kier alpha value is -1.75. The average Bonchev–Trinajstić information content (AvgIpc) is 2.79. The fourth-order valence-electron chi connectivity index (χ4n) is 1.52. The third-order valence-corrected chi connectivity index (χ3v) is 2.55. The molecule has 1 heterocycles. The molecule has 0 spiro atoms. The standard InChI is InChI=1S/C12H14FN3O/c1-9-4-5-11(7-12(9)13)16-8-10(14-15-16)3-2-6-17/h4-5,7-8,17H,2-3,6H2,1H3. The lowest BCUT2D eigenvalue weighted by molar-refractivity contribution is 0.288. The molecule has 1 aromatic heterocycles. The summed E-state index contributed by atoms with van der Waals surface area (Å²) in [5, 5.41) is 16.6. The van der Waals surface area contributed by atoms with Gasteiger partial charge >= 0.3 is 0 Å². The number of hydrogen-bond acceptors (Lipinski definition) is 3. The van der Waals surface area contributed by atoms with Gasteiger partial charge in [0.25, 0.3) is 0 Å². The Morgan fingerprint density at radius 3 is 2.94 bits per heavy atom. The molecule has 90 valence electrons. The van der Waals surface area contributed by atoms with Crippen LogP contribution in [-0.4, -0.2) is 26.7 Å². The van der Waals surface area contributed by atoms with Gasteiger partial charge in [-0.2, -0.15) is 0 Å². The van der Waals surface area contributed by atoms with Crippen LogP contribution in [0.1, 0.15) is 17.7 Å². The van der Waals surface area contributed by atoms with Crippen LogP contribution in [0, 0.1) is 12.7 Å². The summed E-state index contributed by atoms with van der Waals surface area (Å²) < 4.78 is 14.9. The van der Waals surface area contributed by atoms with E-state index < -0.39 is 0 Å². The molecule has 17 heavy (non-hydrogen) atoms. The van der Waals surface area contributed by atoms with Gasteiger partial charge in [0.1, 0.15) is 5.82 Å². The Balaban J connectivity index is 2.21. The van der Waals surface area contributed by atoms with Crippen molar-refractivity contribution in [1.82, 2.24) is 15.0 Å². The number of aliphatic hydroxyl groups is 1. The summed E-state index contributed by atoms with van der Waals surface area (Å²) >= 11 is 0. The van der Waals surface area contributed by atoms with Crippen molar-refractivity contribution in [1.29, 1.82) is 0 Å². The van der Waals surface area contributed by atoms with Crippen LogP contribution in [0.3, 0.4) is 0 Å². The molecule has 0 aliphatic heterocycles. The van der Waals surface area contributed by atoms with Crippen LogP contribution >= 0.6 is 0 Å². The second-order valence-electron chi connectivity index (χ2n) is 3.92. The van der Waals surface area contributed by atoms with E-state index in [2.05, 4.69) is 10.3 Å². The highest BCUT2D eigenvalue weighted by Gasteiger charge is 2.05. The van der Waals surface area contributed by atoms with Crippen molar-refractivity contribution in [3.63, 3.8) is 0 Å². The number of aliphatic hydroxyl groups excluding tert-OH is 1. The zero-order chi connectivity index (χ0) is 12.3. The zero-order valence-electron chi connectivity index (χ0n) is 9.60. The Kier molecular flexibility index (Phi) is 3.49. The van der Waals surface area contributed by atoms with Gasteiger partial charge in [-0.15, -0.1) is 5.10 Å². The number of halogens is 1. The van der Waals surface area contributed by atoms with E-state index in [0.29, 0.717) is 24.1 Å². The summed E-state index contributed by atoms with van der Waals surface area (Å²) in [6, 6.07) is 4.93. The minimum atomic E-state index is -0.255. The van der Waals surface area contributed by atoms with E-state index in [1.54, 1.807) is 25.3 Å². The quantitative estimate of drug-likeness (QED) is 0.876. The van der Waals surface area contributed by atoms with Crippen LogP contribution in [0.4, 0.5) is 4.39 Å². The molecule has 2 rings (SSSR count). The molecule has 2 aromatic rings. The zero-order valence-corrected chi connectivity index (χ0v) is 9.60. The third kappa shape index (κ3) is 2.68. The van der Waals surface area contributed by atoms with E-state index in [-0.39, 0.29) is 12.4 Å². The predicted molar refractivity (Wildman–Crippen MR) is 61.5 cm³/mol. The van der Waals surface area contributed by atoms with Gasteiger partial charge in [0.2, 0.25) is 0 Å². The highest BCUT2D eigenvalue weighted by molar-refractivity contribution is 5.34. The van der Waals surface area contributed by atoms with E-state index >= 15 is 0 Å². The number of nitrogens with zero attached hydrogens (tertiary/aromatic N) is 3. The van der Waals surface area contributed by atoms with Crippen LogP contribution in [-0.2, 0) is 6.42 Å². The SMILES string of the molecule is Cc1ccc(-n2cc(CCCO)nn2)cc1F. The molecule has 0 saturated carbocycles. The number of hydrogen-bond donors (Lipinski definition) is 1. The number of aryl methyl sites for hydroxylation is 2. The van der Waals surface area contributed by atoms with Gasteiger partial charge in [-0.05, 0) is 37.5 Å². The van der Waals surface area contributed by atoms with Crippen LogP contribution < -0.4 is 0 Å². The van der Waals surface area contributed by atoms with E-state index in [0.717, 1.165) is 5.69 Å². The molecule has 4 nitrogen and oxygen atoms in total. The predicted octanol–water partition coefficient (Wildman–Crippen LogP) is 1.64. The molecule has 0 amide bonds. The minimum Gasteiger partial charge on any atom is -0.396 e. The second kappa shape index (κ2) is 5.05. The summed E-state index contributed by atoms with van der Waals surface area (Å²) in [7, 11) is 0. The smallest absolute Gasteiger partial charge is 0.128 e. The molecule has 1 N–H and O–H groups in total. The molecule has 0 aliphatic rings. The Bertz CT molecular complexity index is 510. The summed E-state index contributed by atoms with van der Waals surface area (Å²) in [5.41, 5.74) is 2.05. The first-order chi connectivity index (χ1) is 8.20. The van der Waals surface area contributed by atoms with Crippen molar-refractivity contribution in [2.24, 2.45) is 0 Å². The highest BCUT2D eigenvalue weighted by Crippen LogP contribution is 2.13. The molecule has 0 saturated heterocycles. The fourth-order valence-corrected chi connectivity index (χ4v) is 1.52. The maximum atomic E-state index is 13.4.